The number of benzene rings is 1. The lowest BCUT2D eigenvalue weighted by atomic mass is 10.1. The average molecular weight is 311 g/mol. The van der Waals surface area contributed by atoms with Gasteiger partial charge in [0.2, 0.25) is 0 Å². The van der Waals surface area contributed by atoms with Crippen molar-refractivity contribution in [3.8, 4) is 0 Å². The maximum atomic E-state index is 13.8. The number of nitrogens with one attached hydrogen (secondary N) is 1. The third-order valence-corrected chi connectivity index (χ3v) is 4.33. The molecule has 1 aromatic rings. The van der Waals surface area contributed by atoms with E-state index in [-0.39, 0.29) is 5.82 Å². The summed E-state index contributed by atoms with van der Waals surface area (Å²) in [5.41, 5.74) is 7.73. The Labute approximate surface area is 136 Å². The molecule has 0 spiro atoms. The summed E-state index contributed by atoms with van der Waals surface area (Å²) in [4.78, 5) is 0. The van der Waals surface area contributed by atoms with Crippen molar-refractivity contribution in [1.29, 1.82) is 0 Å². The summed E-state index contributed by atoms with van der Waals surface area (Å²) in [5, 5.41) is 10.1. The highest BCUT2D eigenvalue weighted by Crippen LogP contribution is 2.28. The zero-order valence-electron chi connectivity index (χ0n) is 13.7. The Morgan fingerprint density at radius 2 is 2.09 bits per heavy atom. The van der Waals surface area contributed by atoms with Crippen LogP contribution in [-0.2, 0) is 6.42 Å². The van der Waals surface area contributed by atoms with E-state index in [0.29, 0.717) is 24.6 Å². The second-order valence-corrected chi connectivity index (χ2v) is 6.09. The van der Waals surface area contributed by atoms with E-state index < -0.39 is 0 Å². The molecule has 1 fully saturated rings. The highest BCUT2D eigenvalue weighted by atomic mass is 19.1. The van der Waals surface area contributed by atoms with Gasteiger partial charge in [-0.2, -0.15) is 5.10 Å². The van der Waals surface area contributed by atoms with E-state index in [2.05, 4.69) is 29.7 Å². The molecule has 1 aliphatic carbocycles. The zero-order valence-corrected chi connectivity index (χ0v) is 13.7. The highest BCUT2D eigenvalue weighted by Gasteiger charge is 2.28. The molecular weight excluding hydrogens is 289 g/mol. The second-order valence-electron chi connectivity index (χ2n) is 6.09. The third-order valence-electron chi connectivity index (χ3n) is 4.33. The number of halogens is 1. The predicted molar refractivity (Wildman–Crippen MR) is 91.4 cm³/mol. The van der Waals surface area contributed by atoms with Gasteiger partial charge >= 0.3 is 0 Å². The van der Waals surface area contributed by atoms with Crippen molar-refractivity contribution in [3.05, 3.63) is 64.9 Å². The zero-order chi connectivity index (χ0) is 16.4. The Morgan fingerprint density at radius 1 is 1.35 bits per heavy atom. The molecule has 1 aliphatic heterocycles. The summed E-state index contributed by atoms with van der Waals surface area (Å²) in [6, 6.07) is 7.42. The predicted octanol–water partition coefficient (Wildman–Crippen LogP) is 3.75. The average Bonchev–Trinajstić information content (AvgIpc) is 3.35. The molecule has 23 heavy (non-hydrogen) atoms. The Bertz CT molecular complexity index is 722. The van der Waals surface area contributed by atoms with E-state index in [0.717, 1.165) is 22.7 Å². The quantitative estimate of drug-likeness (QED) is 0.839. The molecule has 0 radical (unpaired) electrons. The van der Waals surface area contributed by atoms with Crippen molar-refractivity contribution in [1.82, 2.24) is 10.3 Å². The van der Waals surface area contributed by atoms with E-state index in [1.165, 1.54) is 18.9 Å². The minimum atomic E-state index is -0.169. The first-order chi connectivity index (χ1) is 11.1. The first-order valence-corrected chi connectivity index (χ1v) is 8.04. The second kappa shape index (κ2) is 6.43. The van der Waals surface area contributed by atoms with Crippen LogP contribution in [-0.4, -0.2) is 23.3 Å². The van der Waals surface area contributed by atoms with Crippen LogP contribution in [0.4, 0.5) is 4.39 Å². The summed E-state index contributed by atoms with van der Waals surface area (Å²) >= 11 is 0. The molecule has 0 atom stereocenters. The minimum Gasteiger partial charge on any atom is -0.380 e. The molecule has 0 unspecified atom stereocenters. The van der Waals surface area contributed by atoms with Crippen LogP contribution in [0.1, 0.15) is 32.3 Å². The smallest absolute Gasteiger partial charge is 0.126 e. The van der Waals surface area contributed by atoms with E-state index >= 15 is 0 Å². The Morgan fingerprint density at radius 3 is 2.74 bits per heavy atom. The van der Waals surface area contributed by atoms with Gasteiger partial charge in [0.1, 0.15) is 11.5 Å². The lowest BCUT2D eigenvalue weighted by Crippen LogP contribution is -2.33. The third kappa shape index (κ3) is 3.38. The maximum absolute atomic E-state index is 13.8. The van der Waals surface area contributed by atoms with Gasteiger partial charge in [-0.3, -0.25) is 5.01 Å². The number of hydrogen-bond acceptors (Lipinski definition) is 3. The molecule has 2 aliphatic rings. The SMILES string of the molecule is C=C=C1C(NC2CC2)=C(C)C(C)=NN1CCc1ccccc1F. The van der Waals surface area contributed by atoms with Crippen LogP contribution in [0.2, 0.25) is 0 Å². The normalized spacial score (nSPS) is 18.0. The minimum absolute atomic E-state index is 0.169. The van der Waals surface area contributed by atoms with E-state index in [9.17, 15) is 4.39 Å². The van der Waals surface area contributed by atoms with E-state index in [1.54, 1.807) is 6.07 Å². The van der Waals surface area contributed by atoms with E-state index in [1.807, 2.05) is 24.1 Å². The molecule has 1 N–H and O–H groups in total. The van der Waals surface area contributed by atoms with E-state index in [4.69, 9.17) is 0 Å². The van der Waals surface area contributed by atoms with Gasteiger partial charge in [-0.25, -0.2) is 4.39 Å². The van der Waals surface area contributed by atoms with Crippen LogP contribution in [0, 0.1) is 5.82 Å². The highest BCUT2D eigenvalue weighted by molar-refractivity contribution is 5.99. The summed E-state index contributed by atoms with van der Waals surface area (Å²) in [6.07, 6.45) is 2.99. The first kappa shape index (κ1) is 15.6. The molecule has 1 saturated carbocycles. The first-order valence-electron chi connectivity index (χ1n) is 8.04. The molecule has 3 nitrogen and oxygen atoms in total. The van der Waals surface area contributed by atoms with Crippen LogP contribution in [0.3, 0.4) is 0 Å². The molecule has 1 aromatic carbocycles. The molecule has 0 amide bonds. The Kier molecular flexibility index (Phi) is 4.35. The fourth-order valence-corrected chi connectivity index (χ4v) is 2.67. The van der Waals surface area contributed by atoms with Gasteiger partial charge in [-0.1, -0.05) is 30.5 Å². The Balaban J connectivity index is 1.79. The maximum Gasteiger partial charge on any atom is 0.126 e. The van der Waals surface area contributed by atoms with Crippen molar-refractivity contribution in [2.24, 2.45) is 5.10 Å². The number of allylic oxidation sites excluding steroid dienone is 1. The molecule has 3 rings (SSSR count). The molecule has 120 valence electrons. The molecular formula is C19H22FN3. The van der Waals surface area contributed by atoms with Gasteiger partial charge in [0.25, 0.3) is 0 Å². The number of rotatable bonds is 5. The van der Waals surface area contributed by atoms with Gasteiger partial charge in [-0.15, -0.1) is 0 Å². The van der Waals surface area contributed by atoms with Crippen LogP contribution in [0.15, 0.2) is 58.6 Å². The van der Waals surface area contributed by atoms with Crippen LogP contribution in [0.25, 0.3) is 0 Å². The van der Waals surface area contributed by atoms with Crippen molar-refractivity contribution >= 4 is 5.71 Å². The lowest BCUT2D eigenvalue weighted by molar-refractivity contribution is 0.362. The molecule has 0 saturated heterocycles. The van der Waals surface area contributed by atoms with Crippen LogP contribution >= 0.6 is 0 Å². The lowest BCUT2D eigenvalue weighted by Gasteiger charge is -2.30. The number of hydrazone groups is 1. The molecule has 0 bridgehead atoms. The molecule has 1 heterocycles. The summed E-state index contributed by atoms with van der Waals surface area (Å²) < 4.78 is 13.8. The van der Waals surface area contributed by atoms with Gasteiger partial charge in [-0.05, 0) is 50.3 Å². The molecule has 0 aromatic heterocycles. The van der Waals surface area contributed by atoms with Gasteiger partial charge < -0.3 is 5.32 Å². The summed E-state index contributed by atoms with van der Waals surface area (Å²) in [7, 11) is 0. The van der Waals surface area contributed by atoms with Crippen molar-refractivity contribution in [2.45, 2.75) is 39.2 Å². The topological polar surface area (TPSA) is 27.6 Å². The number of hydrogen-bond donors (Lipinski definition) is 1. The summed E-state index contributed by atoms with van der Waals surface area (Å²) in [6.45, 7) is 8.48. The Hall–Kier alpha value is -2.32. The van der Waals surface area contributed by atoms with Gasteiger partial charge in [0, 0.05) is 12.6 Å². The fourth-order valence-electron chi connectivity index (χ4n) is 2.67. The van der Waals surface area contributed by atoms with Crippen molar-refractivity contribution in [3.63, 3.8) is 0 Å². The van der Waals surface area contributed by atoms with Crippen LogP contribution in [0.5, 0.6) is 0 Å². The number of nitrogens with zero attached hydrogens (tertiary/aromatic N) is 2. The monoisotopic (exact) mass is 311 g/mol. The van der Waals surface area contributed by atoms with Gasteiger partial charge in [0.15, 0.2) is 0 Å². The summed E-state index contributed by atoms with van der Waals surface area (Å²) in [5.74, 6) is -0.169. The van der Waals surface area contributed by atoms with Gasteiger partial charge in [0.05, 0.1) is 11.4 Å². The molecule has 4 heteroatoms. The largest absolute Gasteiger partial charge is 0.380 e. The van der Waals surface area contributed by atoms with Crippen molar-refractivity contribution in [2.75, 3.05) is 6.54 Å². The van der Waals surface area contributed by atoms with Crippen molar-refractivity contribution < 1.29 is 4.39 Å². The fraction of sp³-hybridized carbons (Fsp3) is 0.368. The van der Waals surface area contributed by atoms with Crippen LogP contribution < -0.4 is 5.32 Å². The standard InChI is InChI=1S/C19H22FN3/c1-4-18-19(21-16-9-10-16)13(2)14(3)22-23(18)12-11-15-7-5-6-8-17(15)20/h5-8,16,21H,1,9-12H2,2-3H3.